The van der Waals surface area contributed by atoms with Crippen molar-refractivity contribution in [1.29, 1.82) is 0 Å². The average molecular weight is 262 g/mol. The topological polar surface area (TPSA) is 57.3 Å². The molecule has 0 aromatic carbocycles. The van der Waals surface area contributed by atoms with E-state index in [2.05, 4.69) is 20.5 Å². The van der Waals surface area contributed by atoms with Crippen LogP contribution in [0.2, 0.25) is 0 Å². The number of likely N-dealkylation sites (N-methyl/N-ethyl adjacent to an activating group) is 1. The minimum atomic E-state index is -0.123. The lowest BCUT2D eigenvalue weighted by atomic mass is 10.0. The van der Waals surface area contributed by atoms with E-state index in [0.29, 0.717) is 6.04 Å². The third-order valence-corrected chi connectivity index (χ3v) is 3.65. The van der Waals surface area contributed by atoms with Crippen LogP contribution in [0.25, 0.3) is 0 Å². The maximum atomic E-state index is 11.5. The van der Waals surface area contributed by atoms with Gasteiger partial charge in [-0.25, -0.2) is 0 Å². The van der Waals surface area contributed by atoms with Gasteiger partial charge in [0.25, 0.3) is 0 Å². The van der Waals surface area contributed by atoms with E-state index in [0.717, 1.165) is 25.9 Å². The predicted octanol–water partition coefficient (Wildman–Crippen LogP) is 0.774. The van der Waals surface area contributed by atoms with Gasteiger partial charge in [-0.05, 0) is 31.9 Å². The highest BCUT2D eigenvalue weighted by Gasteiger charge is 2.22. The van der Waals surface area contributed by atoms with Crippen molar-refractivity contribution in [2.45, 2.75) is 31.8 Å². The molecular weight excluding hydrogens is 240 g/mol. The Morgan fingerprint density at radius 3 is 2.58 bits per heavy atom. The van der Waals surface area contributed by atoms with E-state index in [4.69, 9.17) is 0 Å². The predicted molar refractivity (Wildman–Crippen MR) is 76.1 cm³/mol. The van der Waals surface area contributed by atoms with Gasteiger partial charge in [-0.15, -0.1) is 0 Å². The van der Waals surface area contributed by atoms with Crippen molar-refractivity contribution >= 4 is 11.6 Å². The number of hydrogen-bond donors (Lipinski definition) is 2. The molecule has 0 bridgehead atoms. The molecule has 1 aromatic heterocycles. The van der Waals surface area contributed by atoms with E-state index in [9.17, 15) is 4.79 Å². The van der Waals surface area contributed by atoms with Crippen LogP contribution in [0.15, 0.2) is 24.5 Å². The number of nitrogens with one attached hydrogen (secondary N) is 2. The van der Waals surface area contributed by atoms with Crippen molar-refractivity contribution in [2.24, 2.45) is 0 Å². The highest BCUT2D eigenvalue weighted by Crippen LogP contribution is 2.19. The van der Waals surface area contributed by atoms with Gasteiger partial charge in [0.15, 0.2) is 0 Å². The number of piperidine rings is 1. The van der Waals surface area contributed by atoms with Gasteiger partial charge in [-0.1, -0.05) is 0 Å². The van der Waals surface area contributed by atoms with Crippen molar-refractivity contribution in [1.82, 2.24) is 15.6 Å². The van der Waals surface area contributed by atoms with E-state index in [1.807, 2.05) is 31.5 Å². The van der Waals surface area contributed by atoms with Gasteiger partial charge < -0.3 is 15.5 Å². The first-order valence-corrected chi connectivity index (χ1v) is 6.83. The summed E-state index contributed by atoms with van der Waals surface area (Å²) in [5.74, 6) is 0.0524. The first-order chi connectivity index (χ1) is 9.20. The Bertz CT molecular complexity index is 401. The molecule has 1 aromatic rings. The fourth-order valence-corrected chi connectivity index (χ4v) is 2.50. The Labute approximate surface area is 114 Å². The summed E-state index contributed by atoms with van der Waals surface area (Å²) in [7, 11) is 1.67. The summed E-state index contributed by atoms with van der Waals surface area (Å²) in [6.45, 7) is 3.94. The molecule has 1 atom stereocenters. The summed E-state index contributed by atoms with van der Waals surface area (Å²) >= 11 is 0. The number of amides is 1. The SMILES string of the molecule is CNC(=O)C(C)NC1CCN(c2ccncc2)CC1. The fraction of sp³-hybridized carbons (Fsp3) is 0.571. The number of rotatable bonds is 4. The molecule has 1 aliphatic rings. The van der Waals surface area contributed by atoms with Crippen molar-refractivity contribution < 1.29 is 4.79 Å². The second kappa shape index (κ2) is 6.52. The van der Waals surface area contributed by atoms with Crippen molar-refractivity contribution in [3.63, 3.8) is 0 Å². The zero-order valence-corrected chi connectivity index (χ0v) is 11.6. The first kappa shape index (κ1) is 13.8. The number of hydrogen-bond acceptors (Lipinski definition) is 4. The zero-order valence-electron chi connectivity index (χ0n) is 11.6. The highest BCUT2D eigenvalue weighted by atomic mass is 16.2. The molecule has 1 fully saturated rings. The minimum absolute atomic E-state index is 0.0524. The second-order valence-electron chi connectivity index (χ2n) is 4.97. The summed E-state index contributed by atoms with van der Waals surface area (Å²) in [5.41, 5.74) is 1.23. The molecule has 2 rings (SSSR count). The van der Waals surface area contributed by atoms with Crippen molar-refractivity contribution in [3.05, 3.63) is 24.5 Å². The number of aromatic nitrogens is 1. The quantitative estimate of drug-likeness (QED) is 0.842. The Balaban J connectivity index is 1.81. The van der Waals surface area contributed by atoms with Gasteiger partial charge in [0, 0.05) is 44.3 Å². The molecule has 5 heteroatoms. The lowest BCUT2D eigenvalue weighted by Gasteiger charge is -2.35. The van der Waals surface area contributed by atoms with Gasteiger partial charge in [-0.2, -0.15) is 0 Å². The molecular formula is C14H22N4O. The molecule has 0 radical (unpaired) electrons. The van der Waals surface area contributed by atoms with Crippen molar-refractivity contribution in [3.8, 4) is 0 Å². The molecule has 104 valence electrons. The molecule has 0 spiro atoms. The van der Waals surface area contributed by atoms with Crippen LogP contribution in [-0.2, 0) is 4.79 Å². The number of pyridine rings is 1. The molecule has 1 aliphatic heterocycles. The summed E-state index contributed by atoms with van der Waals surface area (Å²) in [6.07, 6.45) is 5.77. The molecule has 19 heavy (non-hydrogen) atoms. The summed E-state index contributed by atoms with van der Waals surface area (Å²) < 4.78 is 0. The van der Waals surface area contributed by atoms with Gasteiger partial charge in [0.2, 0.25) is 5.91 Å². The number of carbonyl (C=O) groups excluding carboxylic acids is 1. The summed E-state index contributed by atoms with van der Waals surface area (Å²) in [5, 5.41) is 6.06. The molecule has 1 saturated heterocycles. The largest absolute Gasteiger partial charge is 0.371 e. The van der Waals surface area contributed by atoms with Crippen LogP contribution in [0.1, 0.15) is 19.8 Å². The maximum absolute atomic E-state index is 11.5. The molecule has 0 aliphatic carbocycles. The third kappa shape index (κ3) is 3.67. The highest BCUT2D eigenvalue weighted by molar-refractivity contribution is 5.80. The van der Waals surface area contributed by atoms with Crippen LogP contribution in [-0.4, -0.2) is 43.1 Å². The van der Waals surface area contributed by atoms with Gasteiger partial charge >= 0.3 is 0 Å². The van der Waals surface area contributed by atoms with Gasteiger partial charge in [0.05, 0.1) is 6.04 Å². The second-order valence-corrected chi connectivity index (χ2v) is 4.97. The maximum Gasteiger partial charge on any atom is 0.236 e. The van der Waals surface area contributed by atoms with Crippen LogP contribution in [0.3, 0.4) is 0 Å². The van der Waals surface area contributed by atoms with Gasteiger partial charge in [-0.3, -0.25) is 9.78 Å². The van der Waals surface area contributed by atoms with E-state index >= 15 is 0 Å². The van der Waals surface area contributed by atoms with E-state index in [1.165, 1.54) is 5.69 Å². The Kier molecular flexibility index (Phi) is 4.74. The van der Waals surface area contributed by atoms with Crippen LogP contribution >= 0.6 is 0 Å². The number of anilines is 1. The lowest BCUT2D eigenvalue weighted by Crippen LogP contribution is -2.50. The van der Waals surface area contributed by atoms with E-state index in [-0.39, 0.29) is 11.9 Å². The van der Waals surface area contributed by atoms with Crippen LogP contribution in [0.4, 0.5) is 5.69 Å². The molecule has 2 heterocycles. The smallest absolute Gasteiger partial charge is 0.236 e. The molecule has 1 amide bonds. The van der Waals surface area contributed by atoms with Gasteiger partial charge in [0.1, 0.15) is 0 Å². The summed E-state index contributed by atoms with van der Waals surface area (Å²) in [4.78, 5) is 17.9. The molecule has 2 N–H and O–H groups in total. The molecule has 0 saturated carbocycles. The van der Waals surface area contributed by atoms with Crippen LogP contribution in [0.5, 0.6) is 0 Å². The van der Waals surface area contributed by atoms with Crippen LogP contribution in [0, 0.1) is 0 Å². The Morgan fingerprint density at radius 1 is 1.37 bits per heavy atom. The standard InChI is InChI=1S/C14H22N4O/c1-11(14(19)15-2)17-12-5-9-18(10-6-12)13-3-7-16-8-4-13/h3-4,7-8,11-12,17H,5-6,9-10H2,1-2H3,(H,15,19). The normalized spacial score (nSPS) is 18.1. The summed E-state index contributed by atoms with van der Waals surface area (Å²) in [6, 6.07) is 4.38. The molecule has 5 nitrogen and oxygen atoms in total. The number of nitrogens with zero attached hydrogens (tertiary/aromatic N) is 2. The average Bonchev–Trinajstić information content (AvgIpc) is 2.48. The third-order valence-electron chi connectivity index (χ3n) is 3.65. The van der Waals surface area contributed by atoms with Crippen molar-refractivity contribution in [2.75, 3.05) is 25.0 Å². The first-order valence-electron chi connectivity index (χ1n) is 6.83. The lowest BCUT2D eigenvalue weighted by molar-refractivity contribution is -0.122. The molecule has 1 unspecified atom stereocenters. The monoisotopic (exact) mass is 262 g/mol. The van der Waals surface area contributed by atoms with E-state index in [1.54, 1.807) is 7.05 Å². The minimum Gasteiger partial charge on any atom is -0.371 e. The Morgan fingerprint density at radius 2 is 2.00 bits per heavy atom. The zero-order chi connectivity index (χ0) is 13.7. The van der Waals surface area contributed by atoms with Crippen LogP contribution < -0.4 is 15.5 Å². The Hall–Kier alpha value is -1.62. The number of carbonyl (C=O) groups is 1. The fourth-order valence-electron chi connectivity index (χ4n) is 2.50. The van der Waals surface area contributed by atoms with E-state index < -0.39 is 0 Å².